The Balaban J connectivity index is 2.22. The molecule has 1 fully saturated rings. The Morgan fingerprint density at radius 2 is 2.07 bits per heavy atom. The van der Waals surface area contributed by atoms with Gasteiger partial charge in [0.1, 0.15) is 0 Å². The molecule has 1 aromatic heterocycles. The fourth-order valence-corrected chi connectivity index (χ4v) is 3.19. The van der Waals surface area contributed by atoms with Gasteiger partial charge in [-0.15, -0.1) is 11.3 Å². The smallest absolute Gasteiger partial charge is 0.0448 e. The lowest BCUT2D eigenvalue weighted by Gasteiger charge is -2.12. The molecule has 1 N–H and O–H groups in total. The molecule has 72 valence electrons. The van der Waals surface area contributed by atoms with Crippen LogP contribution in [0.25, 0.3) is 10.1 Å². The molecule has 1 aliphatic rings. The normalized spacial score (nSPS) is 18.6. The molecule has 1 saturated carbocycles. The molecule has 2 heteroatoms. The molecule has 0 unspecified atom stereocenters. The summed E-state index contributed by atoms with van der Waals surface area (Å²) >= 11 is 1.86. The van der Waals surface area contributed by atoms with Crippen LogP contribution < -0.4 is 5.32 Å². The van der Waals surface area contributed by atoms with Crippen molar-refractivity contribution in [1.82, 2.24) is 5.32 Å². The Morgan fingerprint density at radius 3 is 2.79 bits per heavy atom. The van der Waals surface area contributed by atoms with Crippen molar-refractivity contribution in [3.05, 3.63) is 35.2 Å². The fraction of sp³-hybridized carbons (Fsp3) is 0.333. The SMILES string of the molecule is CNC1(c2csc3ccccc23)CC1. The summed E-state index contributed by atoms with van der Waals surface area (Å²) in [5.41, 5.74) is 1.81. The molecule has 1 aromatic carbocycles. The number of hydrogen-bond donors (Lipinski definition) is 1. The standard InChI is InChI=1S/C12H13NS/c1-13-12(6-7-12)10-8-14-11-5-3-2-4-9(10)11/h2-5,8,13H,6-7H2,1H3. The van der Waals surface area contributed by atoms with Gasteiger partial charge >= 0.3 is 0 Å². The molecule has 0 atom stereocenters. The summed E-state index contributed by atoms with van der Waals surface area (Å²) in [6.45, 7) is 0. The second-order valence-corrected chi connectivity index (χ2v) is 4.89. The Kier molecular flexibility index (Phi) is 1.70. The van der Waals surface area contributed by atoms with Crippen molar-refractivity contribution in [3.8, 4) is 0 Å². The molecule has 0 radical (unpaired) electrons. The van der Waals surface area contributed by atoms with Crippen molar-refractivity contribution < 1.29 is 0 Å². The molecule has 2 aromatic rings. The molecule has 14 heavy (non-hydrogen) atoms. The molecular formula is C12H13NS. The molecular weight excluding hydrogens is 190 g/mol. The number of rotatable bonds is 2. The maximum Gasteiger partial charge on any atom is 0.0448 e. The number of benzene rings is 1. The van der Waals surface area contributed by atoms with Crippen LogP contribution in [-0.4, -0.2) is 7.05 Å². The average molecular weight is 203 g/mol. The van der Waals surface area contributed by atoms with E-state index in [9.17, 15) is 0 Å². The minimum atomic E-state index is 0.305. The zero-order chi connectivity index (χ0) is 9.60. The van der Waals surface area contributed by atoms with Gasteiger partial charge in [0.15, 0.2) is 0 Å². The summed E-state index contributed by atoms with van der Waals surface area (Å²) in [6, 6.07) is 8.68. The minimum absolute atomic E-state index is 0.305. The molecule has 0 saturated heterocycles. The lowest BCUT2D eigenvalue weighted by Crippen LogP contribution is -2.23. The third-order valence-corrected chi connectivity index (χ3v) is 4.19. The summed E-state index contributed by atoms with van der Waals surface area (Å²) in [5, 5.41) is 7.20. The van der Waals surface area contributed by atoms with Gasteiger partial charge in [-0.2, -0.15) is 0 Å². The van der Waals surface area contributed by atoms with Gasteiger partial charge in [-0.25, -0.2) is 0 Å². The molecule has 0 aliphatic heterocycles. The zero-order valence-corrected chi connectivity index (χ0v) is 9.03. The number of fused-ring (bicyclic) bond motifs is 1. The van der Waals surface area contributed by atoms with Gasteiger partial charge in [0, 0.05) is 10.2 Å². The van der Waals surface area contributed by atoms with E-state index < -0.39 is 0 Å². The van der Waals surface area contributed by atoms with Crippen LogP contribution in [0, 0.1) is 0 Å². The van der Waals surface area contributed by atoms with Gasteiger partial charge in [-0.05, 0) is 42.3 Å². The van der Waals surface area contributed by atoms with Crippen LogP contribution in [0.3, 0.4) is 0 Å². The molecule has 1 nitrogen and oxygen atoms in total. The molecule has 0 bridgehead atoms. The first-order valence-electron chi connectivity index (χ1n) is 5.01. The first kappa shape index (κ1) is 8.45. The van der Waals surface area contributed by atoms with E-state index in [0.29, 0.717) is 5.54 Å². The van der Waals surface area contributed by atoms with E-state index in [1.54, 1.807) is 0 Å². The van der Waals surface area contributed by atoms with Gasteiger partial charge in [0.05, 0.1) is 0 Å². The van der Waals surface area contributed by atoms with E-state index >= 15 is 0 Å². The zero-order valence-electron chi connectivity index (χ0n) is 8.21. The monoisotopic (exact) mass is 203 g/mol. The summed E-state index contributed by atoms with van der Waals surface area (Å²) in [4.78, 5) is 0. The van der Waals surface area contributed by atoms with Crippen LogP contribution in [0.5, 0.6) is 0 Å². The van der Waals surface area contributed by atoms with Crippen molar-refractivity contribution in [1.29, 1.82) is 0 Å². The fourth-order valence-electron chi connectivity index (χ4n) is 2.13. The number of thiophene rings is 1. The molecule has 1 heterocycles. The van der Waals surface area contributed by atoms with E-state index in [1.165, 1.54) is 28.5 Å². The van der Waals surface area contributed by atoms with Crippen LogP contribution in [0.2, 0.25) is 0 Å². The Bertz CT molecular complexity index is 468. The Hall–Kier alpha value is -0.860. The van der Waals surface area contributed by atoms with Gasteiger partial charge in [-0.3, -0.25) is 0 Å². The highest BCUT2D eigenvalue weighted by Crippen LogP contribution is 2.49. The van der Waals surface area contributed by atoms with Crippen LogP contribution in [0.1, 0.15) is 18.4 Å². The predicted molar refractivity (Wildman–Crippen MR) is 61.8 cm³/mol. The number of nitrogens with one attached hydrogen (secondary N) is 1. The predicted octanol–water partition coefficient (Wildman–Crippen LogP) is 3.11. The van der Waals surface area contributed by atoms with E-state index in [4.69, 9.17) is 0 Å². The highest BCUT2D eigenvalue weighted by molar-refractivity contribution is 7.17. The number of hydrogen-bond acceptors (Lipinski definition) is 2. The van der Waals surface area contributed by atoms with E-state index in [2.05, 4.69) is 42.0 Å². The lowest BCUT2D eigenvalue weighted by molar-refractivity contribution is 0.592. The first-order valence-corrected chi connectivity index (χ1v) is 5.89. The molecule has 1 aliphatic carbocycles. The van der Waals surface area contributed by atoms with Gasteiger partial charge in [0.2, 0.25) is 0 Å². The van der Waals surface area contributed by atoms with Crippen LogP contribution in [0.15, 0.2) is 29.6 Å². The van der Waals surface area contributed by atoms with E-state index in [0.717, 1.165) is 0 Å². The summed E-state index contributed by atoms with van der Waals surface area (Å²) in [7, 11) is 2.07. The largest absolute Gasteiger partial charge is 0.310 e. The van der Waals surface area contributed by atoms with Gasteiger partial charge < -0.3 is 5.32 Å². The van der Waals surface area contributed by atoms with Gasteiger partial charge in [0.25, 0.3) is 0 Å². The first-order chi connectivity index (χ1) is 6.86. The quantitative estimate of drug-likeness (QED) is 0.790. The van der Waals surface area contributed by atoms with Crippen molar-refractivity contribution >= 4 is 21.4 Å². The topological polar surface area (TPSA) is 12.0 Å². The molecule has 0 amide bonds. The second-order valence-electron chi connectivity index (χ2n) is 3.98. The highest BCUT2D eigenvalue weighted by atomic mass is 32.1. The highest BCUT2D eigenvalue weighted by Gasteiger charge is 2.44. The van der Waals surface area contributed by atoms with Crippen molar-refractivity contribution in [2.75, 3.05) is 7.05 Å². The van der Waals surface area contributed by atoms with Crippen molar-refractivity contribution in [2.45, 2.75) is 18.4 Å². The summed E-state index contributed by atoms with van der Waals surface area (Å²) < 4.78 is 1.41. The summed E-state index contributed by atoms with van der Waals surface area (Å²) in [6.07, 6.45) is 2.56. The van der Waals surface area contributed by atoms with Crippen LogP contribution >= 0.6 is 11.3 Å². The second kappa shape index (κ2) is 2.81. The minimum Gasteiger partial charge on any atom is -0.310 e. The van der Waals surface area contributed by atoms with Crippen molar-refractivity contribution in [3.63, 3.8) is 0 Å². The van der Waals surface area contributed by atoms with Crippen LogP contribution in [-0.2, 0) is 5.54 Å². The van der Waals surface area contributed by atoms with Crippen LogP contribution in [0.4, 0.5) is 0 Å². The molecule has 0 spiro atoms. The van der Waals surface area contributed by atoms with Crippen molar-refractivity contribution in [2.24, 2.45) is 0 Å². The van der Waals surface area contributed by atoms with Gasteiger partial charge in [-0.1, -0.05) is 18.2 Å². The Labute approximate surface area is 87.8 Å². The summed E-state index contributed by atoms with van der Waals surface area (Å²) in [5.74, 6) is 0. The van der Waals surface area contributed by atoms with E-state index in [-0.39, 0.29) is 0 Å². The lowest BCUT2D eigenvalue weighted by atomic mass is 10.0. The molecule has 3 rings (SSSR count). The third-order valence-electron chi connectivity index (χ3n) is 3.23. The average Bonchev–Trinajstić information content (AvgIpc) is 2.91. The maximum absolute atomic E-state index is 3.45. The maximum atomic E-state index is 3.45. The third kappa shape index (κ3) is 1.04. The Morgan fingerprint density at radius 1 is 1.29 bits per heavy atom. The van der Waals surface area contributed by atoms with E-state index in [1.807, 2.05) is 11.3 Å².